The molecule has 1 aromatic rings. The minimum Gasteiger partial charge on any atom is -0.207 e. The number of hydrogen-bond donors (Lipinski definition) is 0. The Morgan fingerprint density at radius 1 is 0.944 bits per heavy atom. The second-order valence-electron chi connectivity index (χ2n) is 4.39. The van der Waals surface area contributed by atoms with E-state index in [1.165, 1.54) is 18.2 Å². The van der Waals surface area contributed by atoms with Gasteiger partial charge in [0.05, 0.1) is 14.9 Å². The van der Waals surface area contributed by atoms with Gasteiger partial charge in [-0.25, -0.2) is 8.42 Å². The van der Waals surface area contributed by atoms with E-state index < -0.39 is 10.0 Å². The molecule has 1 saturated heterocycles. The van der Waals surface area contributed by atoms with Gasteiger partial charge in [0.2, 0.25) is 10.0 Å². The van der Waals surface area contributed by atoms with Gasteiger partial charge in [0.1, 0.15) is 0 Å². The summed E-state index contributed by atoms with van der Waals surface area (Å²) in [7, 11) is -3.43. The number of nitrogens with zero attached hydrogens (tertiary/aromatic N) is 1. The highest BCUT2D eigenvalue weighted by molar-refractivity contribution is 7.89. The lowest BCUT2D eigenvalue weighted by Gasteiger charge is -2.20. The van der Waals surface area contributed by atoms with Gasteiger partial charge in [-0.2, -0.15) is 4.31 Å². The summed E-state index contributed by atoms with van der Waals surface area (Å²) in [5.41, 5.74) is 0. The predicted octanol–water partition coefficient (Wildman–Crippen LogP) is 3.56. The van der Waals surface area contributed by atoms with Crippen LogP contribution in [0.2, 0.25) is 10.0 Å². The standard InChI is InChI=1S/C12H15Cl2NO2S/c13-11-6-5-10(9-12(11)14)18(16,17)15-7-3-1-2-4-8-15/h5-6,9H,1-4,7-8H2. The molecule has 0 radical (unpaired) electrons. The molecule has 3 nitrogen and oxygen atoms in total. The maximum atomic E-state index is 12.4. The number of halogens is 2. The van der Waals surface area contributed by atoms with Crippen LogP contribution in [0.3, 0.4) is 0 Å². The van der Waals surface area contributed by atoms with E-state index in [4.69, 9.17) is 23.2 Å². The van der Waals surface area contributed by atoms with Crippen LogP contribution in [0.4, 0.5) is 0 Å². The molecule has 100 valence electrons. The zero-order valence-electron chi connectivity index (χ0n) is 9.90. The lowest BCUT2D eigenvalue weighted by Crippen LogP contribution is -2.31. The van der Waals surface area contributed by atoms with Crippen molar-refractivity contribution in [1.82, 2.24) is 4.31 Å². The quantitative estimate of drug-likeness (QED) is 0.838. The average molecular weight is 308 g/mol. The Balaban J connectivity index is 2.31. The molecule has 0 amide bonds. The van der Waals surface area contributed by atoms with Gasteiger partial charge >= 0.3 is 0 Å². The molecule has 1 heterocycles. The lowest BCUT2D eigenvalue weighted by atomic mass is 10.2. The van der Waals surface area contributed by atoms with Crippen molar-refractivity contribution in [2.45, 2.75) is 30.6 Å². The van der Waals surface area contributed by atoms with Gasteiger partial charge in [0.25, 0.3) is 0 Å². The molecule has 1 aliphatic heterocycles. The molecule has 1 aromatic carbocycles. The summed E-state index contributed by atoms with van der Waals surface area (Å²) in [6.45, 7) is 1.17. The predicted molar refractivity (Wildman–Crippen MR) is 73.7 cm³/mol. The van der Waals surface area contributed by atoms with Crippen LogP contribution in [-0.4, -0.2) is 25.8 Å². The van der Waals surface area contributed by atoms with E-state index >= 15 is 0 Å². The van der Waals surface area contributed by atoms with E-state index in [9.17, 15) is 8.42 Å². The molecular formula is C12H15Cl2NO2S. The molecule has 0 bridgehead atoms. The van der Waals surface area contributed by atoms with Crippen LogP contribution in [-0.2, 0) is 10.0 Å². The highest BCUT2D eigenvalue weighted by Crippen LogP contribution is 2.27. The summed E-state index contributed by atoms with van der Waals surface area (Å²) < 4.78 is 26.4. The molecule has 0 atom stereocenters. The molecule has 2 rings (SSSR count). The lowest BCUT2D eigenvalue weighted by molar-refractivity contribution is 0.424. The average Bonchev–Trinajstić information content (AvgIpc) is 2.61. The van der Waals surface area contributed by atoms with Crippen molar-refractivity contribution in [3.63, 3.8) is 0 Å². The van der Waals surface area contributed by atoms with Crippen molar-refractivity contribution in [3.8, 4) is 0 Å². The molecular weight excluding hydrogens is 293 g/mol. The fourth-order valence-corrected chi connectivity index (χ4v) is 3.98. The molecule has 0 spiro atoms. The third kappa shape index (κ3) is 2.99. The van der Waals surface area contributed by atoms with Crippen molar-refractivity contribution < 1.29 is 8.42 Å². The van der Waals surface area contributed by atoms with E-state index in [0.717, 1.165) is 25.7 Å². The van der Waals surface area contributed by atoms with Crippen LogP contribution in [0.5, 0.6) is 0 Å². The van der Waals surface area contributed by atoms with Crippen LogP contribution in [0.1, 0.15) is 25.7 Å². The first-order valence-corrected chi connectivity index (χ1v) is 8.16. The van der Waals surface area contributed by atoms with Gasteiger partial charge in [-0.15, -0.1) is 0 Å². The van der Waals surface area contributed by atoms with Gasteiger partial charge in [-0.3, -0.25) is 0 Å². The monoisotopic (exact) mass is 307 g/mol. The maximum Gasteiger partial charge on any atom is 0.243 e. The van der Waals surface area contributed by atoms with E-state index in [-0.39, 0.29) is 9.92 Å². The minimum absolute atomic E-state index is 0.221. The maximum absolute atomic E-state index is 12.4. The Bertz CT molecular complexity index is 523. The Kier molecular flexibility index (Phi) is 4.54. The molecule has 18 heavy (non-hydrogen) atoms. The molecule has 0 aromatic heterocycles. The van der Waals surface area contributed by atoms with Crippen molar-refractivity contribution in [2.75, 3.05) is 13.1 Å². The van der Waals surface area contributed by atoms with Gasteiger partial charge in [0, 0.05) is 13.1 Å². The smallest absolute Gasteiger partial charge is 0.207 e. The Labute approximate surface area is 118 Å². The SMILES string of the molecule is O=S(=O)(c1ccc(Cl)c(Cl)c1)N1CCCCCC1. The minimum atomic E-state index is -3.43. The van der Waals surface area contributed by atoms with E-state index in [2.05, 4.69) is 0 Å². The second kappa shape index (κ2) is 5.78. The van der Waals surface area contributed by atoms with Crippen LogP contribution in [0, 0.1) is 0 Å². The first kappa shape index (κ1) is 14.1. The van der Waals surface area contributed by atoms with Gasteiger partial charge in [-0.05, 0) is 31.0 Å². The molecule has 1 aliphatic rings. The summed E-state index contributed by atoms with van der Waals surface area (Å²) >= 11 is 11.7. The van der Waals surface area contributed by atoms with Gasteiger partial charge in [0.15, 0.2) is 0 Å². The fraction of sp³-hybridized carbons (Fsp3) is 0.500. The highest BCUT2D eigenvalue weighted by atomic mass is 35.5. The van der Waals surface area contributed by atoms with Crippen molar-refractivity contribution in [3.05, 3.63) is 28.2 Å². The highest BCUT2D eigenvalue weighted by Gasteiger charge is 2.25. The number of rotatable bonds is 2. The number of benzene rings is 1. The Hall–Kier alpha value is -0.290. The zero-order chi connectivity index (χ0) is 13.2. The Morgan fingerprint density at radius 3 is 2.11 bits per heavy atom. The summed E-state index contributed by atoms with van der Waals surface area (Å²) in [4.78, 5) is 0.221. The second-order valence-corrected chi connectivity index (χ2v) is 7.15. The number of hydrogen-bond acceptors (Lipinski definition) is 2. The van der Waals surface area contributed by atoms with E-state index in [0.29, 0.717) is 18.1 Å². The third-order valence-corrected chi connectivity index (χ3v) is 5.73. The first-order chi connectivity index (χ1) is 8.51. The van der Waals surface area contributed by atoms with Gasteiger partial charge < -0.3 is 0 Å². The van der Waals surface area contributed by atoms with Crippen LogP contribution >= 0.6 is 23.2 Å². The molecule has 0 unspecified atom stereocenters. The molecule has 0 aliphatic carbocycles. The van der Waals surface area contributed by atoms with Crippen LogP contribution in [0.15, 0.2) is 23.1 Å². The van der Waals surface area contributed by atoms with E-state index in [1.54, 1.807) is 4.31 Å². The summed E-state index contributed by atoms with van der Waals surface area (Å²) in [6, 6.07) is 4.45. The van der Waals surface area contributed by atoms with Crippen molar-refractivity contribution in [1.29, 1.82) is 0 Å². The van der Waals surface area contributed by atoms with Crippen molar-refractivity contribution in [2.24, 2.45) is 0 Å². The fourth-order valence-electron chi connectivity index (χ4n) is 2.07. The normalized spacial score (nSPS) is 18.6. The van der Waals surface area contributed by atoms with Crippen LogP contribution in [0.25, 0.3) is 0 Å². The summed E-state index contributed by atoms with van der Waals surface area (Å²) in [5, 5.41) is 0.638. The summed E-state index contributed by atoms with van der Waals surface area (Å²) in [5.74, 6) is 0. The molecule has 0 N–H and O–H groups in total. The Morgan fingerprint density at radius 2 is 1.56 bits per heavy atom. The largest absolute Gasteiger partial charge is 0.243 e. The first-order valence-electron chi connectivity index (χ1n) is 5.97. The third-order valence-electron chi connectivity index (χ3n) is 3.09. The zero-order valence-corrected chi connectivity index (χ0v) is 12.2. The van der Waals surface area contributed by atoms with Crippen LogP contribution < -0.4 is 0 Å². The number of sulfonamides is 1. The topological polar surface area (TPSA) is 37.4 Å². The molecule has 1 fully saturated rings. The van der Waals surface area contributed by atoms with E-state index in [1.807, 2.05) is 0 Å². The molecule has 6 heteroatoms. The van der Waals surface area contributed by atoms with Gasteiger partial charge in [-0.1, -0.05) is 36.0 Å². The molecule has 0 saturated carbocycles. The van der Waals surface area contributed by atoms with Crippen molar-refractivity contribution >= 4 is 33.2 Å². The summed E-state index contributed by atoms with van der Waals surface area (Å²) in [6.07, 6.45) is 4.02.